The minimum Gasteiger partial charge on any atom is -0.490 e. The van der Waals surface area contributed by atoms with Crippen molar-refractivity contribution in [1.29, 1.82) is 0 Å². The summed E-state index contributed by atoms with van der Waals surface area (Å²) in [5.74, 6) is 1.45. The van der Waals surface area contributed by atoms with E-state index in [0.29, 0.717) is 35.4 Å². The Morgan fingerprint density at radius 1 is 1.00 bits per heavy atom. The van der Waals surface area contributed by atoms with Crippen LogP contribution in [0.25, 0.3) is 10.9 Å². The van der Waals surface area contributed by atoms with Gasteiger partial charge in [-0.25, -0.2) is 4.98 Å². The predicted octanol–water partition coefficient (Wildman–Crippen LogP) is 3.55. The summed E-state index contributed by atoms with van der Waals surface area (Å²) in [5.41, 5.74) is 1.92. The summed E-state index contributed by atoms with van der Waals surface area (Å²) >= 11 is 0. The second-order valence-electron chi connectivity index (χ2n) is 7.65. The van der Waals surface area contributed by atoms with Crippen molar-refractivity contribution in [3.05, 3.63) is 64.2 Å². The molecule has 1 aromatic heterocycles. The Kier molecular flexibility index (Phi) is 4.54. The fourth-order valence-electron chi connectivity index (χ4n) is 4.26. The lowest BCUT2D eigenvalue weighted by Crippen LogP contribution is -2.38. The molecule has 6 heteroatoms. The van der Waals surface area contributed by atoms with E-state index in [1.165, 1.54) is 6.42 Å². The highest BCUT2D eigenvalue weighted by molar-refractivity contribution is 6.08. The third-order valence-electron chi connectivity index (χ3n) is 5.79. The number of aryl methyl sites for hydroxylation is 1. The van der Waals surface area contributed by atoms with Gasteiger partial charge in [0.15, 0.2) is 0 Å². The van der Waals surface area contributed by atoms with Gasteiger partial charge in [0.05, 0.1) is 23.1 Å². The number of fused-ring (bicyclic) bond motifs is 3. The summed E-state index contributed by atoms with van der Waals surface area (Å²) < 4.78 is 7.48. The average Bonchev–Trinajstić information content (AvgIpc) is 2.74. The lowest BCUT2D eigenvalue weighted by atomic mass is 10.1. The van der Waals surface area contributed by atoms with E-state index < -0.39 is 0 Å². The zero-order valence-corrected chi connectivity index (χ0v) is 16.3. The summed E-state index contributed by atoms with van der Waals surface area (Å²) in [5, 5.41) is 0.577. The molecule has 0 bridgehead atoms. The molecule has 3 heterocycles. The van der Waals surface area contributed by atoms with Crippen molar-refractivity contribution >= 4 is 22.5 Å². The molecule has 29 heavy (non-hydrogen) atoms. The molecule has 0 fully saturated rings. The Morgan fingerprint density at radius 2 is 1.86 bits per heavy atom. The SMILES string of the molecule is O=C(c1ccc2c(=O)n3c(nc2c1)CCCCCC3)N1CCOc2ccccc21. The maximum absolute atomic E-state index is 13.2. The Labute approximate surface area is 168 Å². The van der Waals surface area contributed by atoms with Crippen LogP contribution in [0.3, 0.4) is 0 Å². The van der Waals surface area contributed by atoms with E-state index in [1.54, 1.807) is 23.1 Å². The fraction of sp³-hybridized carbons (Fsp3) is 0.348. The first kappa shape index (κ1) is 17.9. The molecule has 148 valence electrons. The molecule has 0 N–H and O–H groups in total. The van der Waals surface area contributed by atoms with Gasteiger partial charge in [0.1, 0.15) is 18.2 Å². The Morgan fingerprint density at radius 3 is 2.79 bits per heavy atom. The summed E-state index contributed by atoms with van der Waals surface area (Å²) in [6.07, 6.45) is 5.18. The minimum absolute atomic E-state index is 0.00242. The zero-order chi connectivity index (χ0) is 19.8. The Balaban J connectivity index is 1.56. The number of anilines is 1. The van der Waals surface area contributed by atoms with Crippen LogP contribution < -0.4 is 15.2 Å². The topological polar surface area (TPSA) is 64.4 Å². The van der Waals surface area contributed by atoms with Gasteiger partial charge in [0, 0.05) is 18.5 Å². The number of hydrogen-bond acceptors (Lipinski definition) is 4. The van der Waals surface area contributed by atoms with Crippen molar-refractivity contribution in [2.75, 3.05) is 18.1 Å². The van der Waals surface area contributed by atoms with Crippen molar-refractivity contribution in [3.63, 3.8) is 0 Å². The maximum Gasteiger partial charge on any atom is 0.261 e. The molecule has 5 rings (SSSR count). The van der Waals surface area contributed by atoms with Gasteiger partial charge >= 0.3 is 0 Å². The van der Waals surface area contributed by atoms with Gasteiger partial charge in [-0.3, -0.25) is 14.2 Å². The summed E-state index contributed by atoms with van der Waals surface area (Å²) in [6, 6.07) is 12.8. The van der Waals surface area contributed by atoms with Crippen molar-refractivity contribution < 1.29 is 9.53 Å². The van der Waals surface area contributed by atoms with Crippen LogP contribution >= 0.6 is 0 Å². The first-order valence-corrected chi connectivity index (χ1v) is 10.3. The van der Waals surface area contributed by atoms with Crippen molar-refractivity contribution in [1.82, 2.24) is 9.55 Å². The molecule has 0 saturated carbocycles. The Bertz CT molecular complexity index is 1150. The van der Waals surface area contributed by atoms with Crippen LogP contribution in [-0.4, -0.2) is 28.6 Å². The zero-order valence-electron chi connectivity index (χ0n) is 16.3. The molecule has 0 atom stereocenters. The van der Waals surface area contributed by atoms with E-state index in [4.69, 9.17) is 9.72 Å². The summed E-state index contributed by atoms with van der Waals surface area (Å²) in [6.45, 7) is 1.68. The van der Waals surface area contributed by atoms with E-state index in [9.17, 15) is 9.59 Å². The molecular weight excluding hydrogens is 366 g/mol. The monoisotopic (exact) mass is 389 g/mol. The van der Waals surface area contributed by atoms with E-state index in [2.05, 4.69) is 0 Å². The van der Waals surface area contributed by atoms with Crippen LogP contribution in [-0.2, 0) is 13.0 Å². The number of ether oxygens (including phenoxy) is 1. The quantitative estimate of drug-likeness (QED) is 0.638. The number of para-hydroxylation sites is 2. The first-order valence-electron chi connectivity index (χ1n) is 10.3. The molecule has 0 saturated heterocycles. The molecule has 2 aliphatic rings. The molecule has 2 aromatic carbocycles. The van der Waals surface area contributed by atoms with Crippen molar-refractivity contribution in [2.24, 2.45) is 0 Å². The standard InChI is InChI=1S/C23H23N3O3/c27-22(25-13-14-29-20-8-5-4-7-19(20)25)16-10-11-17-18(15-16)24-21-9-3-1-2-6-12-26(21)23(17)28/h4-5,7-8,10-11,15H,1-3,6,9,12-14H2. The minimum atomic E-state index is -0.101. The van der Waals surface area contributed by atoms with Crippen LogP contribution in [0.4, 0.5) is 5.69 Å². The number of nitrogens with zero attached hydrogens (tertiary/aromatic N) is 3. The number of rotatable bonds is 1. The van der Waals surface area contributed by atoms with Gasteiger partial charge in [-0.1, -0.05) is 25.0 Å². The van der Waals surface area contributed by atoms with E-state index in [1.807, 2.05) is 28.8 Å². The van der Waals surface area contributed by atoms with Gasteiger partial charge in [-0.05, 0) is 43.2 Å². The van der Waals surface area contributed by atoms with Crippen LogP contribution in [0.2, 0.25) is 0 Å². The molecule has 0 aliphatic carbocycles. The summed E-state index contributed by atoms with van der Waals surface area (Å²) in [7, 11) is 0. The third kappa shape index (κ3) is 3.18. The first-order chi connectivity index (χ1) is 14.2. The lowest BCUT2D eigenvalue weighted by Gasteiger charge is -2.29. The molecule has 2 aliphatic heterocycles. The predicted molar refractivity (Wildman–Crippen MR) is 112 cm³/mol. The van der Waals surface area contributed by atoms with Gasteiger partial charge in [0.2, 0.25) is 0 Å². The second-order valence-corrected chi connectivity index (χ2v) is 7.65. The molecular formula is C23H23N3O3. The largest absolute Gasteiger partial charge is 0.490 e. The molecule has 0 unspecified atom stereocenters. The van der Waals surface area contributed by atoms with Crippen molar-refractivity contribution in [2.45, 2.75) is 38.6 Å². The van der Waals surface area contributed by atoms with Crippen LogP contribution in [0.1, 0.15) is 41.9 Å². The number of aromatic nitrogens is 2. The molecule has 6 nitrogen and oxygen atoms in total. The number of amides is 1. The highest BCUT2D eigenvalue weighted by Crippen LogP contribution is 2.32. The van der Waals surface area contributed by atoms with Crippen LogP contribution in [0.5, 0.6) is 5.75 Å². The highest BCUT2D eigenvalue weighted by Gasteiger charge is 2.25. The van der Waals surface area contributed by atoms with Crippen LogP contribution in [0, 0.1) is 0 Å². The normalized spacial score (nSPS) is 16.3. The highest BCUT2D eigenvalue weighted by atomic mass is 16.5. The molecule has 3 aromatic rings. The number of carbonyl (C=O) groups excluding carboxylic acids is 1. The van der Waals surface area contributed by atoms with Gasteiger partial charge in [-0.2, -0.15) is 0 Å². The smallest absolute Gasteiger partial charge is 0.261 e. The average molecular weight is 389 g/mol. The van der Waals surface area contributed by atoms with Gasteiger partial charge < -0.3 is 9.64 Å². The fourth-order valence-corrected chi connectivity index (χ4v) is 4.26. The second kappa shape index (κ2) is 7.35. The van der Waals surface area contributed by atoms with E-state index in [-0.39, 0.29) is 11.5 Å². The molecule has 0 radical (unpaired) electrons. The van der Waals surface area contributed by atoms with E-state index in [0.717, 1.165) is 43.7 Å². The number of hydrogen-bond donors (Lipinski definition) is 0. The van der Waals surface area contributed by atoms with Crippen molar-refractivity contribution in [3.8, 4) is 5.75 Å². The molecule has 1 amide bonds. The number of benzene rings is 2. The van der Waals surface area contributed by atoms with E-state index >= 15 is 0 Å². The summed E-state index contributed by atoms with van der Waals surface area (Å²) in [4.78, 5) is 32.8. The molecule has 0 spiro atoms. The number of carbonyl (C=O) groups is 1. The van der Waals surface area contributed by atoms with Crippen LogP contribution in [0.15, 0.2) is 47.3 Å². The van der Waals surface area contributed by atoms with Gasteiger partial charge in [-0.15, -0.1) is 0 Å². The lowest BCUT2D eigenvalue weighted by molar-refractivity contribution is 0.0976. The Hall–Kier alpha value is -3.15. The van der Waals surface area contributed by atoms with Gasteiger partial charge in [0.25, 0.3) is 11.5 Å². The maximum atomic E-state index is 13.2. The third-order valence-corrected chi connectivity index (χ3v) is 5.79.